The van der Waals surface area contributed by atoms with Gasteiger partial charge in [-0.1, -0.05) is 55.5 Å². The van der Waals surface area contributed by atoms with Gasteiger partial charge < -0.3 is 14.0 Å². The smallest absolute Gasteiger partial charge is 0.255 e. The Bertz CT molecular complexity index is 1300. The number of hydrogen-bond donors (Lipinski definition) is 1. The van der Waals surface area contributed by atoms with Gasteiger partial charge >= 0.3 is 0 Å². The molecule has 4 nitrogen and oxygen atoms in total. The lowest BCUT2D eigenvalue weighted by atomic mass is 10.0. The first-order valence-corrected chi connectivity index (χ1v) is 13.3. The molecule has 0 aliphatic heterocycles. The van der Waals surface area contributed by atoms with E-state index in [2.05, 4.69) is 41.5 Å². The first-order valence-electron chi connectivity index (χ1n) is 12.1. The molecule has 1 aromatic heterocycles. The van der Waals surface area contributed by atoms with Crippen molar-refractivity contribution in [2.24, 2.45) is 0 Å². The fraction of sp³-hybridized carbons (Fsp3) is 0.267. The van der Waals surface area contributed by atoms with Crippen LogP contribution in [-0.2, 0) is 0 Å². The third-order valence-corrected chi connectivity index (χ3v) is 6.54. The summed E-state index contributed by atoms with van der Waals surface area (Å²) < 4.78 is 21.6. The van der Waals surface area contributed by atoms with Gasteiger partial charge in [-0.05, 0) is 61.9 Å². The summed E-state index contributed by atoms with van der Waals surface area (Å²) in [4.78, 5) is 12.5. The standard InChI is InChI=1S/C22H25FN2O2S.C8H8/c1-4-5-6-13-25(28-3)17-11-12-18-19(14-17)27-21(20(18)22(26)24-2)15-7-9-16(23)10-8-15;1-8-6-4-2-3-5-7-8/h7-12,14H,4-6,13H2,1-3H3,(H,24,26);2,4-7H,1H3. The lowest BCUT2D eigenvalue weighted by Gasteiger charge is -2.21. The summed E-state index contributed by atoms with van der Waals surface area (Å²) in [5.74, 6) is -0.102. The van der Waals surface area contributed by atoms with Crippen LogP contribution in [-0.4, -0.2) is 25.8 Å². The SMILES string of the molecule is CC1=CC=C=CC=C1.CCCCCN(SC)c1ccc2c(C(=O)NC)c(-c3ccc(F)cc3)oc2c1. The molecule has 0 bridgehead atoms. The number of furan rings is 1. The van der Waals surface area contributed by atoms with Crippen LogP contribution in [0, 0.1) is 5.82 Å². The number of unbranched alkanes of at least 4 members (excludes halogenated alkanes) is 2. The van der Waals surface area contributed by atoms with E-state index in [1.165, 1.54) is 30.5 Å². The first-order chi connectivity index (χ1) is 17.5. The number of nitrogens with one attached hydrogen (secondary N) is 1. The van der Waals surface area contributed by atoms with E-state index < -0.39 is 0 Å². The maximum absolute atomic E-state index is 13.3. The molecule has 0 atom stereocenters. The Hall–Kier alpha value is -3.47. The summed E-state index contributed by atoms with van der Waals surface area (Å²) in [5.41, 5.74) is 7.06. The van der Waals surface area contributed by atoms with Crippen LogP contribution in [0.15, 0.2) is 88.6 Å². The second-order valence-corrected chi connectivity index (χ2v) is 9.14. The highest BCUT2D eigenvalue weighted by Crippen LogP contribution is 2.36. The molecule has 1 N–H and O–H groups in total. The van der Waals surface area contributed by atoms with E-state index in [1.54, 1.807) is 31.1 Å². The maximum Gasteiger partial charge on any atom is 0.255 e. The number of hydrogen-bond acceptors (Lipinski definition) is 4. The van der Waals surface area contributed by atoms with E-state index in [-0.39, 0.29) is 11.7 Å². The lowest BCUT2D eigenvalue weighted by Crippen LogP contribution is -2.18. The van der Waals surface area contributed by atoms with Crippen molar-refractivity contribution >= 4 is 34.5 Å². The highest BCUT2D eigenvalue weighted by atomic mass is 32.2. The largest absolute Gasteiger partial charge is 0.455 e. The third-order valence-electron chi connectivity index (χ3n) is 5.70. The fourth-order valence-corrected chi connectivity index (χ4v) is 4.41. The zero-order valence-corrected chi connectivity index (χ0v) is 22.1. The summed E-state index contributed by atoms with van der Waals surface area (Å²) in [6.45, 7) is 5.21. The van der Waals surface area contributed by atoms with Crippen molar-refractivity contribution in [1.29, 1.82) is 0 Å². The Morgan fingerprint density at radius 3 is 2.61 bits per heavy atom. The number of carbonyl (C=O) groups is 1. The predicted octanol–water partition coefficient (Wildman–Crippen LogP) is 8.09. The maximum atomic E-state index is 13.3. The van der Waals surface area contributed by atoms with E-state index in [0.717, 1.165) is 24.0 Å². The molecule has 6 heteroatoms. The Labute approximate surface area is 217 Å². The fourth-order valence-electron chi connectivity index (χ4n) is 3.77. The van der Waals surface area contributed by atoms with Gasteiger partial charge in [0.05, 0.1) is 11.3 Å². The lowest BCUT2D eigenvalue weighted by molar-refractivity contribution is 0.0964. The van der Waals surface area contributed by atoms with Crippen LogP contribution in [0.25, 0.3) is 22.3 Å². The van der Waals surface area contributed by atoms with Gasteiger partial charge in [-0.25, -0.2) is 4.39 Å². The molecule has 4 rings (SSSR count). The average molecular weight is 505 g/mol. The van der Waals surface area contributed by atoms with Crippen molar-refractivity contribution in [3.8, 4) is 11.3 Å². The topological polar surface area (TPSA) is 45.5 Å². The quantitative estimate of drug-likeness (QED) is 0.191. The molecule has 0 unspecified atom stereocenters. The molecule has 188 valence electrons. The Morgan fingerprint density at radius 2 is 1.92 bits per heavy atom. The minimum atomic E-state index is -0.327. The zero-order chi connectivity index (χ0) is 25.9. The zero-order valence-electron chi connectivity index (χ0n) is 21.3. The monoisotopic (exact) mass is 504 g/mol. The van der Waals surface area contributed by atoms with Crippen molar-refractivity contribution < 1.29 is 13.6 Å². The number of benzene rings is 2. The third kappa shape index (κ3) is 7.03. The van der Waals surface area contributed by atoms with E-state index in [9.17, 15) is 9.18 Å². The van der Waals surface area contributed by atoms with Gasteiger partial charge in [0, 0.05) is 36.9 Å². The van der Waals surface area contributed by atoms with Crippen molar-refractivity contribution in [3.63, 3.8) is 0 Å². The van der Waals surface area contributed by atoms with Crippen LogP contribution in [0.5, 0.6) is 0 Å². The van der Waals surface area contributed by atoms with E-state index in [1.807, 2.05) is 42.5 Å². The Morgan fingerprint density at radius 1 is 1.14 bits per heavy atom. The van der Waals surface area contributed by atoms with Crippen LogP contribution >= 0.6 is 11.9 Å². The van der Waals surface area contributed by atoms with Crippen LogP contribution in [0.3, 0.4) is 0 Å². The van der Waals surface area contributed by atoms with Crippen LogP contribution in [0.1, 0.15) is 43.5 Å². The number of amides is 1. The van der Waals surface area contributed by atoms with Crippen LogP contribution < -0.4 is 9.62 Å². The van der Waals surface area contributed by atoms with Crippen LogP contribution in [0.4, 0.5) is 10.1 Å². The highest BCUT2D eigenvalue weighted by molar-refractivity contribution is 7.99. The van der Waals surface area contributed by atoms with Gasteiger partial charge in [0.1, 0.15) is 17.2 Å². The number of rotatable bonds is 8. The number of fused-ring (bicyclic) bond motifs is 1. The summed E-state index contributed by atoms with van der Waals surface area (Å²) in [5, 5.41) is 3.42. The molecule has 1 heterocycles. The molecule has 2 aromatic carbocycles. The first kappa shape index (κ1) is 27.1. The molecule has 0 fully saturated rings. The molecule has 3 aromatic rings. The second-order valence-electron chi connectivity index (χ2n) is 8.33. The van der Waals surface area contributed by atoms with E-state index in [4.69, 9.17) is 4.42 Å². The van der Waals surface area contributed by atoms with Crippen molar-refractivity contribution in [1.82, 2.24) is 5.32 Å². The Balaban J connectivity index is 0.000000383. The highest BCUT2D eigenvalue weighted by Gasteiger charge is 2.22. The van der Waals surface area contributed by atoms with Gasteiger partial charge in [-0.15, -0.1) is 5.73 Å². The molecule has 1 aliphatic carbocycles. The van der Waals surface area contributed by atoms with Crippen LogP contribution in [0.2, 0.25) is 0 Å². The molecule has 1 amide bonds. The van der Waals surface area contributed by atoms with E-state index >= 15 is 0 Å². The minimum absolute atomic E-state index is 0.226. The van der Waals surface area contributed by atoms with E-state index in [0.29, 0.717) is 22.5 Å². The summed E-state index contributed by atoms with van der Waals surface area (Å²) in [6.07, 6.45) is 15.4. The molecule has 0 saturated carbocycles. The van der Waals surface area contributed by atoms with Gasteiger partial charge in [-0.3, -0.25) is 4.79 Å². The summed E-state index contributed by atoms with van der Waals surface area (Å²) in [6, 6.07) is 11.9. The number of allylic oxidation sites excluding steroid dienone is 5. The summed E-state index contributed by atoms with van der Waals surface area (Å²) in [7, 11) is 1.59. The normalized spacial score (nSPS) is 12.1. The summed E-state index contributed by atoms with van der Waals surface area (Å²) >= 11 is 1.67. The van der Waals surface area contributed by atoms with Gasteiger partial charge in [0.25, 0.3) is 5.91 Å². The van der Waals surface area contributed by atoms with Crippen molar-refractivity contribution in [2.75, 3.05) is 24.2 Å². The number of anilines is 1. The molecule has 1 aliphatic rings. The van der Waals surface area contributed by atoms with Gasteiger partial charge in [-0.2, -0.15) is 0 Å². The molecule has 0 radical (unpaired) electrons. The van der Waals surface area contributed by atoms with Crippen molar-refractivity contribution in [3.05, 3.63) is 95.5 Å². The molecule has 0 spiro atoms. The number of carbonyl (C=O) groups excluding carboxylic acids is 1. The number of halogens is 1. The van der Waals surface area contributed by atoms with Gasteiger partial charge in [0.2, 0.25) is 0 Å². The second kappa shape index (κ2) is 13.6. The molecular formula is C30H33FN2O2S. The Kier molecular flexibility index (Phi) is 10.2. The molecular weight excluding hydrogens is 471 g/mol. The van der Waals surface area contributed by atoms with Gasteiger partial charge in [0.15, 0.2) is 0 Å². The predicted molar refractivity (Wildman–Crippen MR) is 151 cm³/mol. The van der Waals surface area contributed by atoms with Crippen molar-refractivity contribution in [2.45, 2.75) is 33.1 Å². The number of nitrogens with zero attached hydrogens (tertiary/aromatic N) is 1. The average Bonchev–Trinajstić information content (AvgIpc) is 3.10. The molecule has 36 heavy (non-hydrogen) atoms. The minimum Gasteiger partial charge on any atom is -0.455 e. The molecule has 0 saturated heterocycles.